The number of rotatable bonds is 3. The van der Waals surface area contributed by atoms with E-state index in [-0.39, 0.29) is 5.56 Å². The standard InChI is InChI=1S/C8H8FNO3/c9-6-4-2-1-3-5(6)7(13-10)8(11)12/h1-4,7H,10H2,(H,11,12). The molecule has 1 aromatic carbocycles. The maximum absolute atomic E-state index is 13.0. The fraction of sp³-hybridized carbons (Fsp3) is 0.125. The van der Waals surface area contributed by atoms with Gasteiger partial charge in [0.05, 0.1) is 0 Å². The van der Waals surface area contributed by atoms with Gasteiger partial charge in [0.1, 0.15) is 5.82 Å². The maximum Gasteiger partial charge on any atom is 0.339 e. The lowest BCUT2D eigenvalue weighted by Gasteiger charge is -2.09. The number of carboxylic acid groups (broad SMARTS) is 1. The Morgan fingerprint density at radius 3 is 2.62 bits per heavy atom. The van der Waals surface area contributed by atoms with E-state index < -0.39 is 17.9 Å². The minimum atomic E-state index is -1.46. The molecule has 0 aliphatic carbocycles. The van der Waals surface area contributed by atoms with Crippen LogP contribution in [0.15, 0.2) is 24.3 Å². The van der Waals surface area contributed by atoms with Crippen LogP contribution in [0.2, 0.25) is 0 Å². The van der Waals surface area contributed by atoms with E-state index in [9.17, 15) is 9.18 Å². The van der Waals surface area contributed by atoms with Gasteiger partial charge in [-0.2, -0.15) is 0 Å². The lowest BCUT2D eigenvalue weighted by atomic mass is 10.1. The number of carbonyl (C=O) groups is 1. The third-order valence-corrected chi connectivity index (χ3v) is 1.55. The average Bonchev–Trinajstić information content (AvgIpc) is 2.09. The number of aliphatic carboxylic acids is 1. The van der Waals surface area contributed by atoms with Crippen LogP contribution in [0.4, 0.5) is 4.39 Å². The Morgan fingerprint density at radius 2 is 2.15 bits per heavy atom. The molecule has 3 N–H and O–H groups in total. The third kappa shape index (κ3) is 2.01. The molecule has 0 aliphatic rings. The first-order chi connectivity index (χ1) is 6.16. The first-order valence-corrected chi connectivity index (χ1v) is 3.49. The molecule has 5 heteroatoms. The summed E-state index contributed by atoms with van der Waals surface area (Å²) in [4.78, 5) is 14.7. The van der Waals surface area contributed by atoms with E-state index in [1.165, 1.54) is 18.2 Å². The van der Waals surface area contributed by atoms with Gasteiger partial charge in [-0.05, 0) is 6.07 Å². The van der Waals surface area contributed by atoms with E-state index in [4.69, 9.17) is 11.0 Å². The normalized spacial score (nSPS) is 12.5. The fourth-order valence-electron chi connectivity index (χ4n) is 0.952. The Balaban J connectivity index is 3.04. The van der Waals surface area contributed by atoms with E-state index >= 15 is 0 Å². The summed E-state index contributed by atoms with van der Waals surface area (Å²) in [6.45, 7) is 0. The van der Waals surface area contributed by atoms with Crippen LogP contribution in [0, 0.1) is 5.82 Å². The molecule has 0 heterocycles. The van der Waals surface area contributed by atoms with Gasteiger partial charge >= 0.3 is 5.97 Å². The molecule has 0 saturated carbocycles. The Kier molecular flexibility index (Phi) is 2.94. The monoisotopic (exact) mass is 185 g/mol. The lowest BCUT2D eigenvalue weighted by Crippen LogP contribution is -2.19. The molecule has 0 fully saturated rings. The zero-order valence-corrected chi connectivity index (χ0v) is 6.61. The van der Waals surface area contributed by atoms with Gasteiger partial charge in [-0.15, -0.1) is 0 Å². The largest absolute Gasteiger partial charge is 0.479 e. The molecule has 0 bridgehead atoms. The molecule has 70 valence electrons. The first-order valence-electron chi connectivity index (χ1n) is 3.49. The lowest BCUT2D eigenvalue weighted by molar-refractivity contribution is -0.151. The highest BCUT2D eigenvalue weighted by molar-refractivity contribution is 5.74. The molecule has 0 spiro atoms. The van der Waals surface area contributed by atoms with Gasteiger partial charge in [0.15, 0.2) is 0 Å². The van der Waals surface area contributed by atoms with Crippen molar-refractivity contribution in [2.24, 2.45) is 5.90 Å². The Bertz CT molecular complexity index is 316. The van der Waals surface area contributed by atoms with Crippen molar-refractivity contribution < 1.29 is 19.1 Å². The molecule has 0 radical (unpaired) electrons. The predicted octanol–water partition coefficient (Wildman–Crippen LogP) is 0.842. The summed E-state index contributed by atoms with van der Waals surface area (Å²) in [5, 5.41) is 8.58. The Hall–Kier alpha value is -1.46. The van der Waals surface area contributed by atoms with E-state index in [1.807, 2.05) is 0 Å². The van der Waals surface area contributed by atoms with Crippen LogP contribution in [0.25, 0.3) is 0 Å². The highest BCUT2D eigenvalue weighted by Gasteiger charge is 2.22. The highest BCUT2D eigenvalue weighted by Crippen LogP contribution is 2.18. The van der Waals surface area contributed by atoms with Crippen molar-refractivity contribution in [3.8, 4) is 0 Å². The molecule has 0 saturated heterocycles. The smallest absolute Gasteiger partial charge is 0.339 e. The van der Waals surface area contributed by atoms with E-state index in [2.05, 4.69) is 4.84 Å². The number of hydrogen-bond acceptors (Lipinski definition) is 3. The molecule has 0 aromatic heterocycles. The number of nitrogens with two attached hydrogens (primary N) is 1. The molecule has 13 heavy (non-hydrogen) atoms. The van der Waals surface area contributed by atoms with Crippen molar-refractivity contribution in [3.05, 3.63) is 35.6 Å². The second-order valence-electron chi connectivity index (χ2n) is 2.38. The van der Waals surface area contributed by atoms with Crippen molar-refractivity contribution in [2.45, 2.75) is 6.10 Å². The summed E-state index contributed by atoms with van der Waals surface area (Å²) in [5.74, 6) is 2.75. The van der Waals surface area contributed by atoms with Gasteiger partial charge < -0.3 is 5.11 Å². The summed E-state index contributed by atoms with van der Waals surface area (Å²) < 4.78 is 13.0. The number of halogens is 1. The summed E-state index contributed by atoms with van der Waals surface area (Å²) in [6.07, 6.45) is -1.46. The second kappa shape index (κ2) is 3.97. The molecular formula is C8H8FNO3. The summed E-state index contributed by atoms with van der Waals surface area (Å²) in [5.41, 5.74) is -0.0856. The summed E-state index contributed by atoms with van der Waals surface area (Å²) in [7, 11) is 0. The number of carboxylic acids is 1. The molecule has 4 nitrogen and oxygen atoms in total. The Labute approximate surface area is 73.7 Å². The summed E-state index contributed by atoms with van der Waals surface area (Å²) in [6, 6.07) is 5.41. The minimum absolute atomic E-state index is 0.0856. The minimum Gasteiger partial charge on any atom is -0.479 e. The zero-order chi connectivity index (χ0) is 9.84. The SMILES string of the molecule is NOC(C(=O)O)c1ccccc1F. The van der Waals surface area contributed by atoms with Gasteiger partial charge in [0.2, 0.25) is 6.10 Å². The van der Waals surface area contributed by atoms with Crippen LogP contribution in [-0.2, 0) is 9.63 Å². The average molecular weight is 185 g/mol. The van der Waals surface area contributed by atoms with Crippen molar-refractivity contribution >= 4 is 5.97 Å². The van der Waals surface area contributed by atoms with E-state index in [0.717, 1.165) is 6.07 Å². The quantitative estimate of drug-likeness (QED) is 0.684. The molecular weight excluding hydrogens is 177 g/mol. The number of hydrogen-bond donors (Lipinski definition) is 2. The Morgan fingerprint density at radius 1 is 1.54 bits per heavy atom. The van der Waals surface area contributed by atoms with Crippen molar-refractivity contribution in [2.75, 3.05) is 0 Å². The molecule has 1 aromatic rings. The highest BCUT2D eigenvalue weighted by atomic mass is 19.1. The van der Waals surface area contributed by atoms with Crippen molar-refractivity contribution in [1.29, 1.82) is 0 Å². The summed E-state index contributed by atoms with van der Waals surface area (Å²) >= 11 is 0. The second-order valence-corrected chi connectivity index (χ2v) is 2.38. The van der Waals surface area contributed by atoms with E-state index in [0.29, 0.717) is 0 Å². The molecule has 0 aliphatic heterocycles. The van der Waals surface area contributed by atoms with Gasteiger partial charge in [-0.1, -0.05) is 18.2 Å². The maximum atomic E-state index is 13.0. The van der Waals surface area contributed by atoms with Crippen LogP contribution in [0.1, 0.15) is 11.7 Å². The van der Waals surface area contributed by atoms with Gasteiger partial charge in [-0.3, -0.25) is 4.84 Å². The van der Waals surface area contributed by atoms with Crippen molar-refractivity contribution in [3.63, 3.8) is 0 Å². The fourth-order valence-corrected chi connectivity index (χ4v) is 0.952. The van der Waals surface area contributed by atoms with E-state index in [1.54, 1.807) is 0 Å². The predicted molar refractivity (Wildman–Crippen MR) is 42.0 cm³/mol. The molecule has 1 atom stereocenters. The third-order valence-electron chi connectivity index (χ3n) is 1.55. The van der Waals surface area contributed by atoms with Crippen LogP contribution < -0.4 is 5.90 Å². The van der Waals surface area contributed by atoms with Crippen LogP contribution in [0.5, 0.6) is 0 Å². The zero-order valence-electron chi connectivity index (χ0n) is 6.61. The topological polar surface area (TPSA) is 72.5 Å². The van der Waals surface area contributed by atoms with Gasteiger partial charge in [0.25, 0.3) is 0 Å². The first kappa shape index (κ1) is 9.63. The van der Waals surface area contributed by atoms with Crippen LogP contribution in [0.3, 0.4) is 0 Å². The van der Waals surface area contributed by atoms with Crippen molar-refractivity contribution in [1.82, 2.24) is 0 Å². The van der Waals surface area contributed by atoms with Crippen LogP contribution >= 0.6 is 0 Å². The molecule has 0 amide bonds. The van der Waals surface area contributed by atoms with Gasteiger partial charge in [-0.25, -0.2) is 15.1 Å². The van der Waals surface area contributed by atoms with Crippen LogP contribution in [-0.4, -0.2) is 11.1 Å². The number of benzene rings is 1. The van der Waals surface area contributed by atoms with Gasteiger partial charge in [0, 0.05) is 5.56 Å². The molecule has 1 rings (SSSR count). The molecule has 1 unspecified atom stereocenters.